The summed E-state index contributed by atoms with van der Waals surface area (Å²) < 4.78 is 2.01. The van der Waals surface area contributed by atoms with E-state index in [-0.39, 0.29) is 6.10 Å². The number of fused-ring (bicyclic) bond motifs is 1. The fraction of sp³-hybridized carbons (Fsp3) is 0.417. The van der Waals surface area contributed by atoms with E-state index in [1.54, 1.807) is 0 Å². The molecule has 15 heavy (non-hydrogen) atoms. The number of imidazole rings is 1. The highest BCUT2D eigenvalue weighted by atomic mass is 16.3. The van der Waals surface area contributed by atoms with Crippen LogP contribution < -0.4 is 0 Å². The predicted octanol–water partition coefficient (Wildman–Crippen LogP) is 1.89. The minimum absolute atomic E-state index is 0.232. The summed E-state index contributed by atoms with van der Waals surface area (Å²) in [6.45, 7) is 1.82. The summed E-state index contributed by atoms with van der Waals surface area (Å²) >= 11 is 0. The van der Waals surface area contributed by atoms with Gasteiger partial charge in [-0.3, -0.25) is 0 Å². The number of rotatable bonds is 3. The first-order valence-corrected chi connectivity index (χ1v) is 5.25. The molecule has 1 aromatic carbocycles. The highest BCUT2D eigenvalue weighted by Gasteiger charge is 2.02. The largest absolute Gasteiger partial charge is 0.393 e. The summed E-state index contributed by atoms with van der Waals surface area (Å²) in [6, 6.07) is 6.28. The lowest BCUT2D eigenvalue weighted by Gasteiger charge is -2.04. The second-order valence-corrected chi connectivity index (χ2v) is 4.07. The third kappa shape index (κ3) is 2.18. The average molecular weight is 204 g/mol. The van der Waals surface area contributed by atoms with E-state index in [9.17, 15) is 5.11 Å². The Labute approximate surface area is 89.4 Å². The van der Waals surface area contributed by atoms with Crippen molar-refractivity contribution in [3.05, 3.63) is 30.1 Å². The molecule has 2 aromatic rings. The maximum absolute atomic E-state index is 9.21. The van der Waals surface area contributed by atoms with Gasteiger partial charge in [0.05, 0.1) is 23.5 Å². The molecule has 1 N–H and O–H groups in total. The molecule has 0 aliphatic heterocycles. The maximum Gasteiger partial charge on any atom is 0.0955 e. The molecule has 0 radical (unpaired) electrons. The van der Waals surface area contributed by atoms with Crippen LogP contribution in [0, 0.1) is 0 Å². The Bertz CT molecular complexity index is 460. The number of hydrogen-bond acceptors (Lipinski definition) is 2. The molecule has 1 heterocycles. The summed E-state index contributed by atoms with van der Waals surface area (Å²) in [6.07, 6.45) is 3.30. The van der Waals surface area contributed by atoms with Gasteiger partial charge in [0.1, 0.15) is 0 Å². The molecule has 1 atom stereocenters. The first-order chi connectivity index (χ1) is 7.16. The smallest absolute Gasteiger partial charge is 0.0955 e. The third-order valence-corrected chi connectivity index (χ3v) is 2.64. The van der Waals surface area contributed by atoms with E-state index < -0.39 is 0 Å². The monoisotopic (exact) mass is 204 g/mol. The molecule has 3 nitrogen and oxygen atoms in total. The van der Waals surface area contributed by atoms with E-state index in [2.05, 4.69) is 23.2 Å². The Hall–Kier alpha value is -1.35. The summed E-state index contributed by atoms with van der Waals surface area (Å²) in [7, 11) is 1.99. The van der Waals surface area contributed by atoms with Crippen LogP contribution in [0.3, 0.4) is 0 Å². The summed E-state index contributed by atoms with van der Waals surface area (Å²) in [5.74, 6) is 0. The fourth-order valence-corrected chi connectivity index (χ4v) is 1.71. The SMILES string of the molecule is C[C@H](O)CCc1ccc2c(c1)ncn2C. The molecule has 0 bridgehead atoms. The molecule has 0 amide bonds. The molecule has 0 spiro atoms. The zero-order chi connectivity index (χ0) is 10.8. The van der Waals surface area contributed by atoms with Crippen LogP contribution in [0.1, 0.15) is 18.9 Å². The first-order valence-electron chi connectivity index (χ1n) is 5.25. The molecule has 0 saturated carbocycles. The zero-order valence-corrected chi connectivity index (χ0v) is 9.14. The Kier molecular flexibility index (Phi) is 2.73. The quantitative estimate of drug-likeness (QED) is 0.829. The number of aryl methyl sites for hydroxylation is 2. The lowest BCUT2D eigenvalue weighted by Crippen LogP contribution is -2.01. The van der Waals surface area contributed by atoms with Crippen LogP contribution >= 0.6 is 0 Å². The van der Waals surface area contributed by atoms with Gasteiger partial charge in [0.25, 0.3) is 0 Å². The second-order valence-electron chi connectivity index (χ2n) is 4.07. The molecule has 80 valence electrons. The van der Waals surface area contributed by atoms with Crippen molar-refractivity contribution in [3.8, 4) is 0 Å². The van der Waals surface area contributed by atoms with E-state index in [1.807, 2.05) is 24.9 Å². The number of aliphatic hydroxyl groups excluding tert-OH is 1. The van der Waals surface area contributed by atoms with E-state index >= 15 is 0 Å². The van der Waals surface area contributed by atoms with Gasteiger partial charge >= 0.3 is 0 Å². The molecular weight excluding hydrogens is 188 g/mol. The zero-order valence-electron chi connectivity index (χ0n) is 9.14. The van der Waals surface area contributed by atoms with Gasteiger partial charge in [0, 0.05) is 7.05 Å². The van der Waals surface area contributed by atoms with Crippen LogP contribution in [-0.4, -0.2) is 20.8 Å². The minimum Gasteiger partial charge on any atom is -0.393 e. The van der Waals surface area contributed by atoms with Gasteiger partial charge in [-0.25, -0.2) is 4.98 Å². The summed E-state index contributed by atoms with van der Waals surface area (Å²) in [5, 5.41) is 9.21. The van der Waals surface area contributed by atoms with E-state index in [0.29, 0.717) is 0 Å². The van der Waals surface area contributed by atoms with Crippen molar-refractivity contribution in [1.82, 2.24) is 9.55 Å². The minimum atomic E-state index is -0.232. The van der Waals surface area contributed by atoms with Gasteiger partial charge in [-0.1, -0.05) is 6.07 Å². The van der Waals surface area contributed by atoms with Crippen molar-refractivity contribution >= 4 is 11.0 Å². The van der Waals surface area contributed by atoms with E-state index in [4.69, 9.17) is 0 Å². The van der Waals surface area contributed by atoms with Crippen molar-refractivity contribution in [2.75, 3.05) is 0 Å². The van der Waals surface area contributed by atoms with Gasteiger partial charge in [-0.15, -0.1) is 0 Å². The topological polar surface area (TPSA) is 38.1 Å². The number of hydrogen-bond donors (Lipinski definition) is 1. The normalized spacial score (nSPS) is 13.3. The highest BCUT2D eigenvalue weighted by Crippen LogP contribution is 2.15. The molecule has 0 aliphatic carbocycles. The van der Waals surface area contributed by atoms with Crippen LogP contribution in [0.25, 0.3) is 11.0 Å². The Morgan fingerprint density at radius 1 is 1.47 bits per heavy atom. The predicted molar refractivity (Wildman–Crippen MR) is 60.7 cm³/mol. The second kappa shape index (κ2) is 4.03. The first kappa shape index (κ1) is 10.2. The van der Waals surface area contributed by atoms with Crippen LogP contribution in [-0.2, 0) is 13.5 Å². The maximum atomic E-state index is 9.21. The lowest BCUT2D eigenvalue weighted by molar-refractivity contribution is 0.185. The number of benzene rings is 1. The molecule has 3 heteroatoms. The van der Waals surface area contributed by atoms with Crippen molar-refractivity contribution in [3.63, 3.8) is 0 Å². The number of nitrogens with zero attached hydrogens (tertiary/aromatic N) is 2. The summed E-state index contributed by atoms with van der Waals surface area (Å²) in [4.78, 5) is 4.31. The van der Waals surface area contributed by atoms with E-state index in [1.165, 1.54) is 5.56 Å². The Morgan fingerprint density at radius 3 is 3.00 bits per heavy atom. The van der Waals surface area contributed by atoms with Gasteiger partial charge in [0.2, 0.25) is 0 Å². The van der Waals surface area contributed by atoms with Gasteiger partial charge in [-0.2, -0.15) is 0 Å². The number of aliphatic hydroxyl groups is 1. The Morgan fingerprint density at radius 2 is 2.27 bits per heavy atom. The third-order valence-electron chi connectivity index (χ3n) is 2.64. The van der Waals surface area contributed by atoms with Crippen LogP contribution in [0.15, 0.2) is 24.5 Å². The van der Waals surface area contributed by atoms with Crippen molar-refractivity contribution < 1.29 is 5.11 Å². The lowest BCUT2D eigenvalue weighted by atomic mass is 10.1. The molecule has 0 unspecified atom stereocenters. The average Bonchev–Trinajstić information content (AvgIpc) is 2.57. The van der Waals surface area contributed by atoms with Crippen LogP contribution in [0.5, 0.6) is 0 Å². The van der Waals surface area contributed by atoms with Crippen LogP contribution in [0.2, 0.25) is 0 Å². The molecule has 0 fully saturated rings. The molecule has 2 rings (SSSR count). The molecular formula is C12H16N2O. The Balaban J connectivity index is 2.23. The van der Waals surface area contributed by atoms with Crippen molar-refractivity contribution in [2.24, 2.45) is 7.05 Å². The molecule has 0 saturated heterocycles. The summed E-state index contributed by atoms with van der Waals surface area (Å²) in [5.41, 5.74) is 3.42. The molecule has 0 aliphatic rings. The van der Waals surface area contributed by atoms with Gasteiger partial charge in [0.15, 0.2) is 0 Å². The fourth-order valence-electron chi connectivity index (χ4n) is 1.71. The van der Waals surface area contributed by atoms with Crippen molar-refractivity contribution in [2.45, 2.75) is 25.9 Å². The van der Waals surface area contributed by atoms with Gasteiger partial charge in [-0.05, 0) is 37.5 Å². The number of aromatic nitrogens is 2. The molecule has 1 aromatic heterocycles. The standard InChI is InChI=1S/C12H16N2O/c1-9(15)3-4-10-5-6-12-11(7-10)13-8-14(12)2/h5-9,15H,3-4H2,1-2H3/t9-/m0/s1. The van der Waals surface area contributed by atoms with E-state index in [0.717, 1.165) is 23.9 Å². The van der Waals surface area contributed by atoms with Crippen molar-refractivity contribution in [1.29, 1.82) is 0 Å². The van der Waals surface area contributed by atoms with Crippen LogP contribution in [0.4, 0.5) is 0 Å². The van der Waals surface area contributed by atoms with Gasteiger partial charge < -0.3 is 9.67 Å². The highest BCUT2D eigenvalue weighted by molar-refractivity contribution is 5.75.